The Morgan fingerprint density at radius 1 is 1.27 bits per heavy atom. The summed E-state index contributed by atoms with van der Waals surface area (Å²) in [5.41, 5.74) is 0.539. The number of ether oxygens (including phenoxy) is 1. The van der Waals surface area contributed by atoms with Gasteiger partial charge in [0.15, 0.2) is 6.10 Å². The average molecular weight is 303 g/mol. The highest BCUT2D eigenvalue weighted by molar-refractivity contribution is 5.95. The van der Waals surface area contributed by atoms with Crippen molar-refractivity contribution in [2.75, 3.05) is 6.54 Å². The van der Waals surface area contributed by atoms with Crippen molar-refractivity contribution in [3.63, 3.8) is 0 Å². The zero-order valence-electron chi connectivity index (χ0n) is 12.5. The number of carbonyl (C=O) groups excluding carboxylic acids is 2. The molecule has 22 heavy (non-hydrogen) atoms. The molecule has 0 radical (unpaired) electrons. The van der Waals surface area contributed by atoms with Crippen LogP contribution in [0.1, 0.15) is 48.0 Å². The van der Waals surface area contributed by atoms with Gasteiger partial charge in [0.2, 0.25) is 0 Å². The van der Waals surface area contributed by atoms with Gasteiger partial charge in [0.1, 0.15) is 0 Å². The molecule has 1 aromatic carbocycles. The van der Waals surface area contributed by atoms with Crippen LogP contribution in [-0.4, -0.2) is 35.2 Å². The largest absolute Gasteiger partial charge is 0.448 e. The lowest BCUT2D eigenvalue weighted by Crippen LogP contribution is -2.49. The summed E-state index contributed by atoms with van der Waals surface area (Å²) in [5, 5.41) is 13.2. The van der Waals surface area contributed by atoms with Crippen molar-refractivity contribution < 1.29 is 19.4 Å². The van der Waals surface area contributed by atoms with Crippen molar-refractivity contribution >= 4 is 11.9 Å². The van der Waals surface area contributed by atoms with Gasteiger partial charge in [0.05, 0.1) is 11.2 Å². The van der Waals surface area contributed by atoms with E-state index in [1.54, 1.807) is 12.1 Å². The summed E-state index contributed by atoms with van der Waals surface area (Å²) >= 11 is 0. The van der Waals surface area contributed by atoms with Crippen molar-refractivity contribution in [1.29, 1.82) is 0 Å². The minimum Gasteiger partial charge on any atom is -0.448 e. The number of aliphatic hydroxyl groups is 1. The Kier molecular flexibility index (Phi) is 4.16. The topological polar surface area (TPSA) is 75.6 Å². The molecule has 2 aliphatic rings. The predicted octanol–water partition coefficient (Wildman–Crippen LogP) is 1.58. The molecule has 5 nitrogen and oxygen atoms in total. The maximum absolute atomic E-state index is 12.2. The summed E-state index contributed by atoms with van der Waals surface area (Å²) < 4.78 is 5.21. The molecule has 1 fully saturated rings. The Morgan fingerprint density at radius 2 is 2.00 bits per heavy atom. The Labute approximate surface area is 129 Å². The fraction of sp³-hybridized carbons (Fsp3) is 0.529. The zero-order valence-corrected chi connectivity index (χ0v) is 12.5. The molecule has 118 valence electrons. The van der Waals surface area contributed by atoms with E-state index in [9.17, 15) is 14.7 Å². The molecule has 1 aliphatic carbocycles. The number of amides is 1. The standard InChI is InChI=1S/C17H21NO4/c19-15(18-11-17(21)8-4-1-5-9-17)14-10-12-6-2-3-7-13(12)16(20)22-14/h2-3,6-7,14,21H,1,4-5,8-11H2,(H,18,19). The molecule has 2 N–H and O–H groups in total. The Hall–Kier alpha value is -1.88. The fourth-order valence-corrected chi connectivity index (χ4v) is 3.23. The smallest absolute Gasteiger partial charge is 0.339 e. The number of nitrogens with one attached hydrogen (secondary N) is 1. The van der Waals surface area contributed by atoms with Crippen molar-refractivity contribution in [1.82, 2.24) is 5.32 Å². The maximum atomic E-state index is 12.2. The number of esters is 1. The molecular weight excluding hydrogens is 282 g/mol. The molecule has 0 saturated heterocycles. The van der Waals surface area contributed by atoms with Crippen LogP contribution in [0, 0.1) is 0 Å². The number of fused-ring (bicyclic) bond motifs is 1. The van der Waals surface area contributed by atoms with E-state index in [0.29, 0.717) is 24.8 Å². The van der Waals surface area contributed by atoms with E-state index in [1.807, 2.05) is 12.1 Å². The van der Waals surface area contributed by atoms with Crippen LogP contribution in [0.2, 0.25) is 0 Å². The predicted molar refractivity (Wildman–Crippen MR) is 80.4 cm³/mol. The molecule has 0 aromatic heterocycles. The lowest BCUT2D eigenvalue weighted by atomic mass is 9.85. The first-order chi connectivity index (χ1) is 10.6. The monoisotopic (exact) mass is 303 g/mol. The first-order valence-corrected chi connectivity index (χ1v) is 7.86. The van der Waals surface area contributed by atoms with E-state index in [-0.39, 0.29) is 12.5 Å². The van der Waals surface area contributed by atoms with Crippen LogP contribution < -0.4 is 5.32 Å². The van der Waals surface area contributed by atoms with E-state index in [1.165, 1.54) is 0 Å². The van der Waals surface area contributed by atoms with Gasteiger partial charge in [-0.25, -0.2) is 4.79 Å². The second kappa shape index (κ2) is 6.08. The molecule has 5 heteroatoms. The van der Waals surface area contributed by atoms with Crippen LogP contribution in [0.3, 0.4) is 0 Å². The molecule has 1 aromatic rings. The number of hydrogen-bond acceptors (Lipinski definition) is 4. The zero-order chi connectivity index (χ0) is 15.6. The molecule has 0 spiro atoms. The summed E-state index contributed by atoms with van der Waals surface area (Å²) in [7, 11) is 0. The Balaban J connectivity index is 1.61. The third kappa shape index (κ3) is 3.14. The van der Waals surface area contributed by atoms with E-state index >= 15 is 0 Å². The first-order valence-electron chi connectivity index (χ1n) is 7.86. The lowest BCUT2D eigenvalue weighted by Gasteiger charge is -2.33. The van der Waals surface area contributed by atoms with Crippen LogP contribution in [0.15, 0.2) is 24.3 Å². The highest BCUT2D eigenvalue weighted by Crippen LogP contribution is 2.27. The van der Waals surface area contributed by atoms with Gasteiger partial charge in [-0.2, -0.15) is 0 Å². The van der Waals surface area contributed by atoms with Gasteiger partial charge in [-0.15, -0.1) is 0 Å². The average Bonchev–Trinajstić information content (AvgIpc) is 2.53. The summed E-state index contributed by atoms with van der Waals surface area (Å²) in [6.07, 6.45) is 4.09. The minimum absolute atomic E-state index is 0.224. The SMILES string of the molecule is O=C1OC(C(=O)NCC2(O)CCCCC2)Cc2ccccc21. The summed E-state index contributed by atoms with van der Waals surface area (Å²) in [6.45, 7) is 0.224. The van der Waals surface area contributed by atoms with Gasteiger partial charge in [-0.1, -0.05) is 37.5 Å². The van der Waals surface area contributed by atoms with E-state index in [0.717, 1.165) is 24.8 Å². The summed E-state index contributed by atoms with van der Waals surface area (Å²) in [4.78, 5) is 24.2. The second-order valence-corrected chi connectivity index (χ2v) is 6.26. The highest BCUT2D eigenvalue weighted by atomic mass is 16.5. The van der Waals surface area contributed by atoms with Crippen molar-refractivity contribution in [2.45, 2.75) is 50.2 Å². The number of hydrogen-bond donors (Lipinski definition) is 2. The molecular formula is C17H21NO4. The van der Waals surface area contributed by atoms with E-state index in [2.05, 4.69) is 5.32 Å². The molecule has 1 heterocycles. The second-order valence-electron chi connectivity index (χ2n) is 6.26. The summed E-state index contributed by atoms with van der Waals surface area (Å²) in [5.74, 6) is -0.791. The van der Waals surface area contributed by atoms with Crippen LogP contribution in [0.25, 0.3) is 0 Å². The van der Waals surface area contributed by atoms with Gasteiger partial charge in [0, 0.05) is 13.0 Å². The molecule has 1 unspecified atom stereocenters. The van der Waals surface area contributed by atoms with Crippen LogP contribution in [0.5, 0.6) is 0 Å². The minimum atomic E-state index is -0.815. The quantitative estimate of drug-likeness (QED) is 0.831. The van der Waals surface area contributed by atoms with Crippen molar-refractivity contribution in [3.8, 4) is 0 Å². The van der Waals surface area contributed by atoms with Crippen LogP contribution >= 0.6 is 0 Å². The molecule has 1 aliphatic heterocycles. The Morgan fingerprint density at radius 3 is 2.77 bits per heavy atom. The van der Waals surface area contributed by atoms with E-state index in [4.69, 9.17) is 4.74 Å². The van der Waals surface area contributed by atoms with Crippen molar-refractivity contribution in [3.05, 3.63) is 35.4 Å². The molecule has 1 amide bonds. The normalized spacial score (nSPS) is 23.3. The van der Waals surface area contributed by atoms with Gasteiger partial charge in [-0.05, 0) is 24.5 Å². The van der Waals surface area contributed by atoms with Crippen LogP contribution in [0.4, 0.5) is 0 Å². The van der Waals surface area contributed by atoms with Gasteiger partial charge < -0.3 is 15.2 Å². The first kappa shape index (κ1) is 15.0. The lowest BCUT2D eigenvalue weighted by molar-refractivity contribution is -0.131. The Bertz CT molecular complexity index is 578. The van der Waals surface area contributed by atoms with Crippen LogP contribution in [-0.2, 0) is 16.0 Å². The number of carbonyl (C=O) groups is 2. The third-order valence-corrected chi connectivity index (χ3v) is 4.56. The number of rotatable bonds is 3. The molecule has 3 rings (SSSR count). The molecule has 0 bridgehead atoms. The third-order valence-electron chi connectivity index (χ3n) is 4.56. The van der Waals surface area contributed by atoms with Gasteiger partial charge in [0.25, 0.3) is 5.91 Å². The highest BCUT2D eigenvalue weighted by Gasteiger charge is 2.34. The van der Waals surface area contributed by atoms with Crippen molar-refractivity contribution in [2.24, 2.45) is 0 Å². The number of benzene rings is 1. The summed E-state index contributed by atoms with van der Waals surface area (Å²) in [6, 6.07) is 7.16. The maximum Gasteiger partial charge on any atom is 0.339 e. The van der Waals surface area contributed by atoms with Gasteiger partial charge in [-0.3, -0.25) is 4.79 Å². The van der Waals surface area contributed by atoms with Gasteiger partial charge >= 0.3 is 5.97 Å². The molecule has 1 saturated carbocycles. The fourth-order valence-electron chi connectivity index (χ4n) is 3.23. The number of cyclic esters (lactones) is 1. The van der Waals surface area contributed by atoms with E-state index < -0.39 is 17.7 Å². The molecule has 1 atom stereocenters.